The van der Waals surface area contributed by atoms with E-state index < -0.39 is 0 Å². The summed E-state index contributed by atoms with van der Waals surface area (Å²) in [6.07, 6.45) is 13.1. The standard InChI is InChI=1S/C16H26N4O/c1-2-7-16(8-4-9-18-16)15(21)19-13-5-3-6-14(13)20-11-10-17-12-20/h10-14,18H,2-9H2,1H3,(H,19,21). The van der Waals surface area contributed by atoms with Crippen molar-refractivity contribution in [2.45, 2.75) is 69.5 Å². The maximum absolute atomic E-state index is 12.8. The summed E-state index contributed by atoms with van der Waals surface area (Å²) in [7, 11) is 0. The third-order valence-corrected chi connectivity index (χ3v) is 5.06. The highest BCUT2D eigenvalue weighted by Crippen LogP contribution is 2.32. The van der Waals surface area contributed by atoms with E-state index in [1.807, 2.05) is 18.7 Å². The van der Waals surface area contributed by atoms with E-state index in [2.05, 4.69) is 27.1 Å². The normalized spacial score (nSPS) is 32.4. The van der Waals surface area contributed by atoms with E-state index in [4.69, 9.17) is 0 Å². The molecule has 0 radical (unpaired) electrons. The van der Waals surface area contributed by atoms with Gasteiger partial charge in [0.25, 0.3) is 0 Å². The summed E-state index contributed by atoms with van der Waals surface area (Å²) in [5, 5.41) is 6.80. The lowest BCUT2D eigenvalue weighted by Gasteiger charge is -2.31. The smallest absolute Gasteiger partial charge is 0.240 e. The number of imidazole rings is 1. The van der Waals surface area contributed by atoms with Crippen LogP contribution in [0.15, 0.2) is 18.7 Å². The Morgan fingerprint density at radius 3 is 3.05 bits per heavy atom. The van der Waals surface area contributed by atoms with Crippen molar-refractivity contribution in [3.63, 3.8) is 0 Å². The topological polar surface area (TPSA) is 59.0 Å². The summed E-state index contributed by atoms with van der Waals surface area (Å²) in [6.45, 7) is 3.11. The maximum Gasteiger partial charge on any atom is 0.240 e. The Bertz CT molecular complexity index is 465. The number of nitrogens with zero attached hydrogens (tertiary/aromatic N) is 2. The Balaban J connectivity index is 1.68. The number of hydrogen-bond acceptors (Lipinski definition) is 3. The Morgan fingerprint density at radius 1 is 1.48 bits per heavy atom. The van der Waals surface area contributed by atoms with Crippen molar-refractivity contribution in [3.8, 4) is 0 Å². The van der Waals surface area contributed by atoms with E-state index in [1.54, 1.807) is 0 Å². The van der Waals surface area contributed by atoms with Gasteiger partial charge in [-0.2, -0.15) is 0 Å². The number of rotatable bonds is 5. The zero-order valence-corrected chi connectivity index (χ0v) is 12.8. The lowest BCUT2D eigenvalue weighted by atomic mass is 9.90. The van der Waals surface area contributed by atoms with Gasteiger partial charge in [0.15, 0.2) is 0 Å². The molecule has 1 aliphatic heterocycles. The first-order chi connectivity index (χ1) is 10.2. The molecule has 2 fully saturated rings. The largest absolute Gasteiger partial charge is 0.350 e. The van der Waals surface area contributed by atoms with E-state index in [9.17, 15) is 4.79 Å². The molecule has 3 rings (SSSR count). The average molecular weight is 290 g/mol. The number of hydrogen-bond donors (Lipinski definition) is 2. The van der Waals surface area contributed by atoms with Gasteiger partial charge in [0.05, 0.1) is 17.9 Å². The van der Waals surface area contributed by atoms with Gasteiger partial charge in [-0.1, -0.05) is 13.3 Å². The minimum atomic E-state index is -0.323. The van der Waals surface area contributed by atoms with Gasteiger partial charge in [0.1, 0.15) is 0 Å². The molecule has 1 saturated heterocycles. The Hall–Kier alpha value is -1.36. The van der Waals surface area contributed by atoms with Crippen LogP contribution in [0.2, 0.25) is 0 Å². The van der Waals surface area contributed by atoms with Crippen molar-refractivity contribution >= 4 is 5.91 Å². The van der Waals surface area contributed by atoms with Crippen molar-refractivity contribution in [2.24, 2.45) is 0 Å². The number of nitrogens with one attached hydrogen (secondary N) is 2. The zero-order valence-electron chi connectivity index (χ0n) is 12.8. The van der Waals surface area contributed by atoms with E-state index in [0.29, 0.717) is 6.04 Å². The van der Waals surface area contributed by atoms with Gasteiger partial charge in [-0.15, -0.1) is 0 Å². The second-order valence-electron chi connectivity index (χ2n) is 6.45. The molecule has 1 aliphatic carbocycles. The predicted molar refractivity (Wildman–Crippen MR) is 81.9 cm³/mol. The molecule has 3 atom stereocenters. The predicted octanol–water partition coefficient (Wildman–Crippen LogP) is 2.02. The van der Waals surface area contributed by atoms with Crippen LogP contribution in [0.25, 0.3) is 0 Å². The van der Waals surface area contributed by atoms with Crippen LogP contribution >= 0.6 is 0 Å². The zero-order chi connectivity index (χ0) is 14.7. The third kappa shape index (κ3) is 2.84. The van der Waals surface area contributed by atoms with Crippen molar-refractivity contribution in [1.82, 2.24) is 20.2 Å². The molecule has 1 saturated carbocycles. The molecular weight excluding hydrogens is 264 g/mol. The second-order valence-corrected chi connectivity index (χ2v) is 6.45. The third-order valence-electron chi connectivity index (χ3n) is 5.06. The summed E-state index contributed by atoms with van der Waals surface area (Å²) in [5.41, 5.74) is -0.323. The van der Waals surface area contributed by atoms with Gasteiger partial charge >= 0.3 is 0 Å². The lowest BCUT2D eigenvalue weighted by Crippen LogP contribution is -2.56. The molecule has 2 N–H and O–H groups in total. The molecule has 5 nitrogen and oxygen atoms in total. The first-order valence-electron chi connectivity index (χ1n) is 8.28. The van der Waals surface area contributed by atoms with E-state index in [1.165, 1.54) is 6.42 Å². The first-order valence-corrected chi connectivity index (χ1v) is 8.28. The van der Waals surface area contributed by atoms with Crippen LogP contribution in [0, 0.1) is 0 Å². The Labute approximate surface area is 126 Å². The average Bonchev–Trinajstić information content (AvgIpc) is 3.20. The monoisotopic (exact) mass is 290 g/mol. The van der Waals surface area contributed by atoms with Gasteiger partial charge in [-0.25, -0.2) is 4.98 Å². The van der Waals surface area contributed by atoms with Gasteiger partial charge in [-0.3, -0.25) is 4.79 Å². The maximum atomic E-state index is 12.8. The Kier molecular flexibility index (Phi) is 4.29. The van der Waals surface area contributed by atoms with Gasteiger partial charge in [0.2, 0.25) is 5.91 Å². The Morgan fingerprint density at radius 2 is 2.38 bits per heavy atom. The molecular formula is C16H26N4O. The minimum absolute atomic E-state index is 0.207. The molecule has 0 aromatic carbocycles. The van der Waals surface area contributed by atoms with E-state index >= 15 is 0 Å². The fourth-order valence-electron chi connectivity index (χ4n) is 3.99. The summed E-state index contributed by atoms with van der Waals surface area (Å²) >= 11 is 0. The number of aromatic nitrogens is 2. The van der Waals surface area contributed by atoms with Gasteiger partial charge in [-0.05, 0) is 45.1 Å². The lowest BCUT2D eigenvalue weighted by molar-refractivity contribution is -0.128. The molecule has 2 aliphatic rings. The van der Waals surface area contributed by atoms with Crippen LogP contribution < -0.4 is 10.6 Å². The highest BCUT2D eigenvalue weighted by atomic mass is 16.2. The van der Waals surface area contributed by atoms with Crippen LogP contribution in [-0.2, 0) is 4.79 Å². The van der Waals surface area contributed by atoms with Gasteiger partial charge in [0, 0.05) is 18.4 Å². The molecule has 21 heavy (non-hydrogen) atoms. The number of carbonyl (C=O) groups excluding carboxylic acids is 1. The fraction of sp³-hybridized carbons (Fsp3) is 0.750. The number of carbonyl (C=O) groups is 1. The highest BCUT2D eigenvalue weighted by Gasteiger charge is 2.42. The molecule has 2 heterocycles. The summed E-state index contributed by atoms with van der Waals surface area (Å²) in [4.78, 5) is 17.0. The van der Waals surface area contributed by atoms with Crippen molar-refractivity contribution in [3.05, 3.63) is 18.7 Å². The van der Waals surface area contributed by atoms with E-state index in [0.717, 1.165) is 45.1 Å². The van der Waals surface area contributed by atoms with Crippen LogP contribution in [-0.4, -0.2) is 33.6 Å². The first kappa shape index (κ1) is 14.6. The summed E-state index contributed by atoms with van der Waals surface area (Å²) in [5.74, 6) is 0.207. The van der Waals surface area contributed by atoms with Crippen LogP contribution in [0.3, 0.4) is 0 Å². The molecule has 3 unspecified atom stereocenters. The summed E-state index contributed by atoms with van der Waals surface area (Å²) in [6, 6.07) is 0.597. The van der Waals surface area contributed by atoms with E-state index in [-0.39, 0.29) is 17.5 Å². The summed E-state index contributed by atoms with van der Waals surface area (Å²) < 4.78 is 2.15. The quantitative estimate of drug-likeness (QED) is 0.872. The van der Waals surface area contributed by atoms with Crippen LogP contribution in [0.5, 0.6) is 0 Å². The molecule has 5 heteroatoms. The van der Waals surface area contributed by atoms with Crippen LogP contribution in [0.1, 0.15) is 57.9 Å². The molecule has 1 aromatic heterocycles. The van der Waals surface area contributed by atoms with Crippen molar-refractivity contribution < 1.29 is 4.79 Å². The fourth-order valence-corrected chi connectivity index (χ4v) is 3.99. The molecule has 116 valence electrons. The number of amides is 1. The molecule has 1 aromatic rings. The molecule has 0 spiro atoms. The second kappa shape index (κ2) is 6.18. The highest BCUT2D eigenvalue weighted by molar-refractivity contribution is 5.87. The molecule has 1 amide bonds. The molecule has 0 bridgehead atoms. The van der Waals surface area contributed by atoms with Crippen molar-refractivity contribution in [2.75, 3.05) is 6.54 Å². The van der Waals surface area contributed by atoms with Crippen molar-refractivity contribution in [1.29, 1.82) is 0 Å². The SMILES string of the molecule is CCCC1(C(=O)NC2CCCC2n2ccnc2)CCCN1. The van der Waals surface area contributed by atoms with Gasteiger partial charge < -0.3 is 15.2 Å². The minimum Gasteiger partial charge on any atom is -0.350 e. The van der Waals surface area contributed by atoms with Crippen LogP contribution in [0.4, 0.5) is 0 Å².